The van der Waals surface area contributed by atoms with E-state index < -0.39 is 14.2 Å². The number of aliphatic hydroxyl groups is 1. The topological polar surface area (TPSA) is 47.9 Å². The van der Waals surface area contributed by atoms with E-state index in [0.717, 1.165) is 24.2 Å². The van der Waals surface area contributed by atoms with E-state index in [1.54, 1.807) is 7.11 Å². The molecule has 1 aliphatic rings. The lowest BCUT2D eigenvalue weighted by Crippen LogP contribution is -2.39. The van der Waals surface area contributed by atoms with Crippen LogP contribution in [0.15, 0.2) is 48.6 Å². The predicted octanol–water partition coefficient (Wildman–Crippen LogP) is 5.28. The number of aliphatic hydroxyl groups excluding tert-OH is 1. The van der Waals surface area contributed by atoms with Crippen LogP contribution >= 0.6 is 0 Å². The van der Waals surface area contributed by atoms with E-state index in [1.807, 2.05) is 36.4 Å². The van der Waals surface area contributed by atoms with Crippen LogP contribution in [0.25, 0.3) is 0 Å². The molecule has 0 aliphatic carbocycles. The van der Waals surface area contributed by atoms with Crippen LogP contribution in [0, 0.1) is 11.5 Å². The number of allylic oxidation sites excluding steroid dienone is 1. The van der Waals surface area contributed by atoms with Crippen LogP contribution < -0.4 is 4.74 Å². The zero-order valence-electron chi connectivity index (χ0n) is 19.6. The summed E-state index contributed by atoms with van der Waals surface area (Å²) in [4.78, 5) is 0. The second kappa shape index (κ2) is 12.9. The molecular formula is C26H38O4Si. The van der Waals surface area contributed by atoms with Gasteiger partial charge in [0.05, 0.1) is 38.1 Å². The number of hydrogen-bond donors (Lipinski definition) is 1. The molecule has 1 heterocycles. The first kappa shape index (κ1) is 25.4. The Hall–Kier alpha value is -1.84. The fraction of sp³-hybridized carbons (Fsp3) is 0.538. The van der Waals surface area contributed by atoms with Crippen LogP contribution in [0.4, 0.5) is 0 Å². The SMILES string of the molecule is CC[C@H]1O[C@@H]([C@@H](O)C/C=C/C#C[Si](C)(C)C)C/C=C\C[C@H]1OCc1ccc(OC)cc1. The Kier molecular flexibility index (Phi) is 10.6. The number of ether oxygens (including phenoxy) is 3. The molecule has 1 aromatic rings. The van der Waals surface area contributed by atoms with Gasteiger partial charge in [0.2, 0.25) is 0 Å². The maximum Gasteiger partial charge on any atom is 0.129 e. The minimum absolute atomic E-state index is 0.0449. The number of hydrogen-bond acceptors (Lipinski definition) is 4. The summed E-state index contributed by atoms with van der Waals surface area (Å²) >= 11 is 0. The predicted molar refractivity (Wildman–Crippen MR) is 130 cm³/mol. The van der Waals surface area contributed by atoms with Gasteiger partial charge in [-0.3, -0.25) is 0 Å². The molecule has 0 radical (unpaired) electrons. The molecule has 1 aliphatic heterocycles. The third-order valence-corrected chi connectivity index (χ3v) is 6.04. The van der Waals surface area contributed by atoms with Gasteiger partial charge >= 0.3 is 0 Å². The molecule has 31 heavy (non-hydrogen) atoms. The molecule has 0 amide bonds. The largest absolute Gasteiger partial charge is 0.497 e. The summed E-state index contributed by atoms with van der Waals surface area (Å²) < 4.78 is 17.8. The van der Waals surface area contributed by atoms with Crippen molar-refractivity contribution in [3.63, 3.8) is 0 Å². The van der Waals surface area contributed by atoms with E-state index in [1.165, 1.54) is 0 Å². The second-order valence-electron chi connectivity index (χ2n) is 8.99. The maximum absolute atomic E-state index is 10.7. The lowest BCUT2D eigenvalue weighted by molar-refractivity contribution is -0.135. The van der Waals surface area contributed by atoms with E-state index in [9.17, 15) is 5.11 Å². The molecular weight excluding hydrogens is 404 g/mol. The van der Waals surface area contributed by atoms with Crippen LogP contribution in [-0.2, 0) is 16.1 Å². The standard InChI is InChI=1S/C26H38O4Si/c1-6-24-26(29-20-21-15-17-22(28-2)18-16-21)14-10-9-13-25(30-24)23(27)12-8-7-11-19-31(3,4)5/h7-10,15-18,23-27H,6,12-14,20H2,1-5H3/b8-7+,10-9-/t23-,24+,25+,26+/m0/s1. The smallest absolute Gasteiger partial charge is 0.129 e. The van der Waals surface area contributed by atoms with Crippen molar-refractivity contribution in [2.75, 3.05) is 7.11 Å². The molecule has 0 aromatic heterocycles. The van der Waals surface area contributed by atoms with Crippen LogP contribution in [0.1, 0.15) is 38.2 Å². The molecule has 5 heteroatoms. The molecule has 0 fully saturated rings. The highest BCUT2D eigenvalue weighted by Crippen LogP contribution is 2.23. The van der Waals surface area contributed by atoms with Gasteiger partial charge in [-0.2, -0.15) is 0 Å². The van der Waals surface area contributed by atoms with E-state index >= 15 is 0 Å². The van der Waals surface area contributed by atoms with E-state index in [2.05, 4.69) is 50.2 Å². The molecule has 1 aromatic carbocycles. The zero-order valence-corrected chi connectivity index (χ0v) is 20.6. The zero-order chi connectivity index (χ0) is 22.7. The van der Waals surface area contributed by atoms with Crippen molar-refractivity contribution in [3.8, 4) is 17.2 Å². The van der Waals surface area contributed by atoms with Crippen molar-refractivity contribution in [2.45, 2.75) is 83.3 Å². The van der Waals surface area contributed by atoms with Gasteiger partial charge in [-0.1, -0.05) is 62.8 Å². The highest BCUT2D eigenvalue weighted by atomic mass is 28.3. The third kappa shape index (κ3) is 9.45. The van der Waals surface area contributed by atoms with Crippen LogP contribution in [-0.4, -0.2) is 44.7 Å². The average Bonchev–Trinajstić information content (AvgIpc) is 2.72. The van der Waals surface area contributed by atoms with Crippen LogP contribution in [0.3, 0.4) is 0 Å². The van der Waals surface area contributed by atoms with Crippen molar-refractivity contribution in [3.05, 3.63) is 54.1 Å². The Labute approximate surface area is 189 Å². The third-order valence-electron chi connectivity index (χ3n) is 5.15. The molecule has 0 unspecified atom stereocenters. The summed E-state index contributed by atoms with van der Waals surface area (Å²) in [7, 11) is 0.297. The van der Waals surface area contributed by atoms with Gasteiger partial charge in [0.1, 0.15) is 13.8 Å². The minimum atomic E-state index is -1.37. The Morgan fingerprint density at radius 2 is 1.90 bits per heavy atom. The fourth-order valence-corrected chi connectivity index (χ4v) is 3.88. The summed E-state index contributed by atoms with van der Waals surface area (Å²) in [6.07, 6.45) is 10.0. The van der Waals surface area contributed by atoms with Crippen molar-refractivity contribution >= 4 is 8.07 Å². The molecule has 0 spiro atoms. The van der Waals surface area contributed by atoms with E-state index in [-0.39, 0.29) is 18.3 Å². The summed E-state index contributed by atoms with van der Waals surface area (Å²) in [6.45, 7) is 9.28. The number of benzene rings is 1. The van der Waals surface area contributed by atoms with Crippen molar-refractivity contribution in [1.82, 2.24) is 0 Å². The minimum Gasteiger partial charge on any atom is -0.497 e. The molecule has 0 bridgehead atoms. The van der Waals surface area contributed by atoms with Gasteiger partial charge in [-0.15, -0.1) is 5.54 Å². The van der Waals surface area contributed by atoms with Crippen molar-refractivity contribution < 1.29 is 19.3 Å². The van der Waals surface area contributed by atoms with Gasteiger partial charge < -0.3 is 19.3 Å². The first-order chi connectivity index (χ1) is 14.8. The van der Waals surface area contributed by atoms with Crippen LogP contribution in [0.2, 0.25) is 19.6 Å². The molecule has 1 N–H and O–H groups in total. The number of methoxy groups -OCH3 is 1. The van der Waals surface area contributed by atoms with Gasteiger partial charge in [0.15, 0.2) is 0 Å². The lowest BCUT2D eigenvalue weighted by Gasteiger charge is -2.33. The van der Waals surface area contributed by atoms with Gasteiger partial charge in [-0.25, -0.2) is 0 Å². The fourth-order valence-electron chi connectivity index (χ4n) is 3.36. The molecule has 4 atom stereocenters. The molecule has 4 nitrogen and oxygen atoms in total. The first-order valence-corrected chi connectivity index (χ1v) is 14.7. The molecule has 0 saturated carbocycles. The quantitative estimate of drug-likeness (QED) is 0.338. The van der Waals surface area contributed by atoms with Gasteiger partial charge in [0, 0.05) is 0 Å². The van der Waals surface area contributed by atoms with Gasteiger partial charge in [0.25, 0.3) is 0 Å². The molecule has 170 valence electrons. The van der Waals surface area contributed by atoms with Crippen molar-refractivity contribution in [2.24, 2.45) is 0 Å². The lowest BCUT2D eigenvalue weighted by atomic mass is 10.0. The highest BCUT2D eigenvalue weighted by Gasteiger charge is 2.28. The normalized spacial score (nSPS) is 24.0. The monoisotopic (exact) mass is 442 g/mol. The second-order valence-corrected chi connectivity index (χ2v) is 13.7. The van der Waals surface area contributed by atoms with E-state index in [4.69, 9.17) is 14.2 Å². The maximum atomic E-state index is 10.7. The van der Waals surface area contributed by atoms with Crippen molar-refractivity contribution in [1.29, 1.82) is 0 Å². The molecule has 2 rings (SSSR count). The van der Waals surface area contributed by atoms with E-state index in [0.29, 0.717) is 19.4 Å². The summed E-state index contributed by atoms with van der Waals surface area (Å²) in [5.41, 5.74) is 4.40. The summed E-state index contributed by atoms with van der Waals surface area (Å²) in [5, 5.41) is 10.7. The Morgan fingerprint density at radius 3 is 2.55 bits per heavy atom. The number of rotatable bonds is 8. The average molecular weight is 443 g/mol. The summed E-state index contributed by atoms with van der Waals surface area (Å²) in [5.74, 6) is 3.95. The Bertz CT molecular complexity index is 767. The van der Waals surface area contributed by atoms with Crippen LogP contribution in [0.5, 0.6) is 5.75 Å². The highest BCUT2D eigenvalue weighted by molar-refractivity contribution is 6.83. The Balaban J connectivity index is 1.93. The summed E-state index contributed by atoms with van der Waals surface area (Å²) in [6, 6.07) is 7.92. The molecule has 0 saturated heterocycles. The Morgan fingerprint density at radius 1 is 1.19 bits per heavy atom. The first-order valence-electron chi connectivity index (χ1n) is 11.2. The van der Waals surface area contributed by atoms with Gasteiger partial charge in [-0.05, 0) is 49.5 Å².